The van der Waals surface area contributed by atoms with Gasteiger partial charge in [-0.2, -0.15) is 0 Å². The number of amides is 1. The lowest BCUT2D eigenvalue weighted by atomic mass is 9.56. The Morgan fingerprint density at radius 3 is 2.32 bits per heavy atom. The summed E-state index contributed by atoms with van der Waals surface area (Å²) < 4.78 is 5.70. The molecular weight excluding hydrogens is 280 g/mol. The van der Waals surface area contributed by atoms with Gasteiger partial charge in [-0.25, -0.2) is 0 Å². The van der Waals surface area contributed by atoms with Crippen LogP contribution in [0.3, 0.4) is 0 Å². The Balaban J connectivity index is 1.74. The molecule has 0 saturated heterocycles. The lowest BCUT2D eigenvalue weighted by molar-refractivity contribution is -0.238. The van der Waals surface area contributed by atoms with Crippen LogP contribution in [-0.2, 0) is 9.53 Å². The lowest BCUT2D eigenvalue weighted by Crippen LogP contribution is -2.69. The first-order valence-corrected chi connectivity index (χ1v) is 8.63. The molecule has 0 radical (unpaired) electrons. The summed E-state index contributed by atoms with van der Waals surface area (Å²) in [5.74, 6) is 0.0592. The molecule has 0 bridgehead atoms. The standard InChI is InChI=1S/C17H32N2O3/c1-5-22-15-10-17(21,16(15,3)4)11-18-13-6-8-14(9-7-13)19-12(2)20/h13-15,18,21H,5-11H2,1-4H3,(H,19,20)/t13?,14?,15-,17+/m1/s1. The van der Waals surface area contributed by atoms with Crippen LogP contribution in [0.25, 0.3) is 0 Å². The Kier molecular flexibility index (Phi) is 5.51. The summed E-state index contributed by atoms with van der Waals surface area (Å²) in [5.41, 5.74) is -0.884. The minimum absolute atomic E-state index is 0.0592. The molecule has 22 heavy (non-hydrogen) atoms. The van der Waals surface area contributed by atoms with E-state index in [0.717, 1.165) is 25.7 Å². The zero-order valence-corrected chi connectivity index (χ0v) is 14.4. The monoisotopic (exact) mass is 312 g/mol. The van der Waals surface area contributed by atoms with Gasteiger partial charge in [0.2, 0.25) is 5.91 Å². The number of hydrogen-bond donors (Lipinski definition) is 3. The predicted octanol–water partition coefficient (Wildman–Crippen LogP) is 1.59. The molecule has 0 aromatic rings. The van der Waals surface area contributed by atoms with Gasteiger partial charge in [0.05, 0.1) is 11.7 Å². The van der Waals surface area contributed by atoms with Gasteiger partial charge in [-0.15, -0.1) is 0 Å². The second-order valence-corrected chi connectivity index (χ2v) is 7.53. The zero-order valence-electron chi connectivity index (χ0n) is 14.4. The number of rotatable bonds is 6. The Labute approximate surface area is 134 Å². The van der Waals surface area contributed by atoms with Crippen LogP contribution in [0.15, 0.2) is 0 Å². The van der Waals surface area contributed by atoms with Crippen molar-refractivity contribution in [2.45, 2.75) is 83.6 Å². The molecule has 2 atom stereocenters. The molecule has 0 aliphatic heterocycles. The van der Waals surface area contributed by atoms with E-state index in [1.807, 2.05) is 6.92 Å². The van der Waals surface area contributed by atoms with Gasteiger partial charge in [0.25, 0.3) is 0 Å². The van der Waals surface area contributed by atoms with E-state index in [2.05, 4.69) is 24.5 Å². The van der Waals surface area contributed by atoms with Crippen molar-refractivity contribution in [2.24, 2.45) is 5.41 Å². The van der Waals surface area contributed by atoms with Crippen molar-refractivity contribution in [1.29, 1.82) is 0 Å². The Morgan fingerprint density at radius 1 is 1.23 bits per heavy atom. The summed E-state index contributed by atoms with van der Waals surface area (Å²) in [6.07, 6.45) is 5.00. The molecule has 0 heterocycles. The van der Waals surface area contributed by atoms with E-state index >= 15 is 0 Å². The summed E-state index contributed by atoms with van der Waals surface area (Å²) in [5, 5.41) is 17.4. The Hall–Kier alpha value is -0.650. The van der Waals surface area contributed by atoms with Crippen LogP contribution < -0.4 is 10.6 Å². The minimum Gasteiger partial charge on any atom is -0.388 e. The second kappa shape index (κ2) is 6.85. The molecule has 2 rings (SSSR count). The molecule has 2 saturated carbocycles. The molecule has 0 aromatic heterocycles. The SMILES string of the molecule is CCO[C@@H]1C[C@](O)(CNC2CCC(NC(C)=O)CC2)C1(C)C. The van der Waals surface area contributed by atoms with Gasteiger partial charge < -0.3 is 20.5 Å². The van der Waals surface area contributed by atoms with Crippen molar-refractivity contribution in [3.05, 3.63) is 0 Å². The van der Waals surface area contributed by atoms with Crippen LogP contribution in [0.5, 0.6) is 0 Å². The van der Waals surface area contributed by atoms with Crippen LogP contribution >= 0.6 is 0 Å². The number of aliphatic hydroxyl groups is 1. The minimum atomic E-state index is -0.679. The molecule has 2 aliphatic rings. The number of carbonyl (C=O) groups is 1. The van der Waals surface area contributed by atoms with E-state index in [-0.39, 0.29) is 17.4 Å². The molecule has 0 spiro atoms. The van der Waals surface area contributed by atoms with E-state index in [4.69, 9.17) is 4.74 Å². The van der Waals surface area contributed by atoms with Gasteiger partial charge in [-0.1, -0.05) is 13.8 Å². The fourth-order valence-electron chi connectivity index (χ4n) is 3.80. The average Bonchev–Trinajstić information content (AvgIpc) is 2.46. The Morgan fingerprint density at radius 2 is 1.82 bits per heavy atom. The van der Waals surface area contributed by atoms with Gasteiger partial charge in [-0.3, -0.25) is 4.79 Å². The summed E-state index contributed by atoms with van der Waals surface area (Å²) in [4.78, 5) is 11.1. The summed E-state index contributed by atoms with van der Waals surface area (Å²) in [6, 6.07) is 0.761. The fourth-order valence-corrected chi connectivity index (χ4v) is 3.80. The van der Waals surface area contributed by atoms with Gasteiger partial charge in [0, 0.05) is 44.0 Å². The van der Waals surface area contributed by atoms with Gasteiger partial charge in [-0.05, 0) is 32.6 Å². The molecule has 2 fully saturated rings. The highest BCUT2D eigenvalue weighted by Crippen LogP contribution is 2.51. The van der Waals surface area contributed by atoms with Crippen LogP contribution in [0, 0.1) is 5.41 Å². The number of carbonyl (C=O) groups excluding carboxylic acids is 1. The van der Waals surface area contributed by atoms with Crippen molar-refractivity contribution in [3.63, 3.8) is 0 Å². The third-order valence-electron chi connectivity index (χ3n) is 5.71. The smallest absolute Gasteiger partial charge is 0.217 e. The summed E-state index contributed by atoms with van der Waals surface area (Å²) in [7, 11) is 0. The van der Waals surface area contributed by atoms with Gasteiger partial charge in [0.15, 0.2) is 0 Å². The Bertz CT molecular complexity index is 391. The van der Waals surface area contributed by atoms with Crippen LogP contribution in [0.4, 0.5) is 0 Å². The molecule has 5 nitrogen and oxygen atoms in total. The third kappa shape index (κ3) is 3.63. The highest BCUT2D eigenvalue weighted by molar-refractivity contribution is 5.73. The quantitative estimate of drug-likeness (QED) is 0.696. The largest absolute Gasteiger partial charge is 0.388 e. The van der Waals surface area contributed by atoms with Crippen molar-refractivity contribution < 1.29 is 14.6 Å². The molecule has 2 aliphatic carbocycles. The molecule has 0 unspecified atom stereocenters. The maximum atomic E-state index is 11.1. The van der Waals surface area contributed by atoms with Crippen molar-refractivity contribution in [3.8, 4) is 0 Å². The highest BCUT2D eigenvalue weighted by Gasteiger charge is 2.59. The summed E-state index contributed by atoms with van der Waals surface area (Å²) in [6.45, 7) is 9.08. The molecule has 1 amide bonds. The van der Waals surface area contributed by atoms with E-state index in [9.17, 15) is 9.90 Å². The van der Waals surface area contributed by atoms with Crippen molar-refractivity contribution in [1.82, 2.24) is 10.6 Å². The van der Waals surface area contributed by atoms with Gasteiger partial charge in [0.1, 0.15) is 0 Å². The second-order valence-electron chi connectivity index (χ2n) is 7.53. The number of nitrogens with one attached hydrogen (secondary N) is 2. The normalized spacial score (nSPS) is 37.4. The van der Waals surface area contributed by atoms with Gasteiger partial charge >= 0.3 is 0 Å². The average molecular weight is 312 g/mol. The topological polar surface area (TPSA) is 70.6 Å². The first kappa shape index (κ1) is 17.7. The number of ether oxygens (including phenoxy) is 1. The van der Waals surface area contributed by atoms with Crippen LogP contribution in [0.1, 0.15) is 59.8 Å². The van der Waals surface area contributed by atoms with Crippen molar-refractivity contribution in [2.75, 3.05) is 13.2 Å². The molecule has 5 heteroatoms. The van der Waals surface area contributed by atoms with Crippen LogP contribution in [0.2, 0.25) is 0 Å². The summed E-state index contributed by atoms with van der Waals surface area (Å²) >= 11 is 0. The first-order valence-electron chi connectivity index (χ1n) is 8.63. The molecular formula is C17H32N2O3. The highest BCUT2D eigenvalue weighted by atomic mass is 16.5. The molecule has 128 valence electrons. The van der Waals surface area contributed by atoms with E-state index in [1.165, 1.54) is 0 Å². The molecule has 3 N–H and O–H groups in total. The van der Waals surface area contributed by atoms with E-state index in [0.29, 0.717) is 31.7 Å². The predicted molar refractivity (Wildman–Crippen MR) is 86.6 cm³/mol. The van der Waals surface area contributed by atoms with E-state index < -0.39 is 5.60 Å². The zero-order chi connectivity index (χ0) is 16.4. The number of hydrogen-bond acceptors (Lipinski definition) is 4. The fraction of sp³-hybridized carbons (Fsp3) is 0.941. The first-order chi connectivity index (χ1) is 10.3. The van der Waals surface area contributed by atoms with Crippen LogP contribution in [-0.4, -0.2) is 48.0 Å². The van der Waals surface area contributed by atoms with E-state index in [1.54, 1.807) is 6.92 Å². The maximum absolute atomic E-state index is 11.1. The lowest BCUT2D eigenvalue weighted by Gasteiger charge is -2.58. The maximum Gasteiger partial charge on any atom is 0.217 e. The van der Waals surface area contributed by atoms with Crippen molar-refractivity contribution >= 4 is 5.91 Å². The third-order valence-corrected chi connectivity index (χ3v) is 5.71. The molecule has 0 aromatic carbocycles.